The summed E-state index contributed by atoms with van der Waals surface area (Å²) >= 11 is 7.77. The fourth-order valence-corrected chi connectivity index (χ4v) is 5.51. The number of hydrogen-bond acceptors (Lipinski definition) is 4. The molecule has 0 radical (unpaired) electrons. The molecule has 0 saturated carbocycles. The third-order valence-electron chi connectivity index (χ3n) is 6.56. The summed E-state index contributed by atoms with van der Waals surface area (Å²) < 4.78 is 20.0. The van der Waals surface area contributed by atoms with Gasteiger partial charge in [-0.2, -0.15) is 0 Å². The van der Waals surface area contributed by atoms with Gasteiger partial charge in [0.1, 0.15) is 13.2 Å². The first-order chi connectivity index (χ1) is 17.4. The Hall–Kier alpha value is -2.90. The summed E-state index contributed by atoms with van der Waals surface area (Å²) in [5.74, 6) is -0.442. The van der Waals surface area contributed by atoms with Crippen LogP contribution in [0.25, 0.3) is 0 Å². The van der Waals surface area contributed by atoms with Gasteiger partial charge in [-0.1, -0.05) is 50.1 Å². The molecule has 0 aliphatic carbocycles. The second-order valence-corrected chi connectivity index (χ2v) is 10.5. The minimum atomic E-state index is -0.441. The van der Waals surface area contributed by atoms with Crippen LogP contribution in [0.4, 0.5) is 4.39 Å². The van der Waals surface area contributed by atoms with Gasteiger partial charge in [-0.05, 0) is 59.7 Å². The van der Waals surface area contributed by atoms with Gasteiger partial charge >= 0.3 is 0 Å². The maximum Gasteiger partial charge on any atom is 0.254 e. The third kappa shape index (κ3) is 6.08. The average Bonchev–Trinajstić information content (AvgIpc) is 3.36. The molecule has 4 rings (SSSR count). The van der Waals surface area contributed by atoms with Crippen LogP contribution in [0.2, 0.25) is 5.02 Å². The van der Waals surface area contributed by atoms with Crippen LogP contribution < -0.4 is 4.74 Å². The molecule has 1 aliphatic rings. The molecule has 2 amide bonds. The van der Waals surface area contributed by atoms with Crippen LogP contribution >= 0.6 is 22.9 Å². The first-order valence-electron chi connectivity index (χ1n) is 12.1. The van der Waals surface area contributed by atoms with E-state index in [2.05, 4.69) is 13.8 Å². The molecule has 0 N–H and O–H groups in total. The molecular weight excluding hydrogens is 499 g/mol. The summed E-state index contributed by atoms with van der Waals surface area (Å²) in [5.41, 5.74) is 1.47. The number of carbonyl (C=O) groups is 2. The fraction of sp³-hybridized carbons (Fsp3) is 0.357. The van der Waals surface area contributed by atoms with Gasteiger partial charge in [-0.3, -0.25) is 9.59 Å². The molecule has 2 heterocycles. The van der Waals surface area contributed by atoms with E-state index in [1.54, 1.807) is 63.6 Å². The number of ether oxygens (including phenoxy) is 1. The number of thiophene rings is 1. The smallest absolute Gasteiger partial charge is 0.254 e. The highest BCUT2D eigenvalue weighted by atomic mass is 35.5. The maximum atomic E-state index is 14.2. The molecule has 0 bridgehead atoms. The lowest BCUT2D eigenvalue weighted by molar-refractivity contribution is -0.135. The van der Waals surface area contributed by atoms with Crippen molar-refractivity contribution in [1.82, 2.24) is 9.80 Å². The number of hydrogen-bond donors (Lipinski definition) is 0. The van der Waals surface area contributed by atoms with Crippen molar-refractivity contribution < 1.29 is 18.7 Å². The molecule has 0 saturated heterocycles. The van der Waals surface area contributed by atoms with E-state index in [0.29, 0.717) is 23.7 Å². The Bertz CT molecular complexity index is 1220. The molecule has 5 nitrogen and oxygen atoms in total. The Kier molecular flexibility index (Phi) is 8.64. The highest BCUT2D eigenvalue weighted by molar-refractivity contribution is 7.10. The minimum absolute atomic E-state index is 0.0502. The largest absolute Gasteiger partial charge is 0.488 e. The van der Waals surface area contributed by atoms with Gasteiger partial charge in [0.2, 0.25) is 5.91 Å². The van der Waals surface area contributed by atoms with Gasteiger partial charge in [0.25, 0.3) is 5.91 Å². The van der Waals surface area contributed by atoms with Crippen molar-refractivity contribution >= 4 is 34.8 Å². The van der Waals surface area contributed by atoms with E-state index in [1.165, 1.54) is 10.9 Å². The fourth-order valence-electron chi connectivity index (χ4n) is 4.39. The van der Waals surface area contributed by atoms with Crippen LogP contribution in [-0.4, -0.2) is 47.9 Å². The quantitative estimate of drug-likeness (QED) is 0.330. The summed E-state index contributed by atoms with van der Waals surface area (Å²) in [4.78, 5) is 31.6. The summed E-state index contributed by atoms with van der Waals surface area (Å²) in [7, 11) is 0. The normalized spacial score (nSPS) is 15.8. The van der Waals surface area contributed by atoms with Crippen molar-refractivity contribution in [2.45, 2.75) is 32.7 Å². The molecule has 190 valence electrons. The van der Waals surface area contributed by atoms with Crippen molar-refractivity contribution in [2.75, 3.05) is 26.2 Å². The van der Waals surface area contributed by atoms with E-state index in [4.69, 9.17) is 16.3 Å². The highest BCUT2D eigenvalue weighted by Crippen LogP contribution is 2.34. The Morgan fingerprint density at radius 3 is 2.78 bits per heavy atom. The van der Waals surface area contributed by atoms with Crippen LogP contribution in [0.3, 0.4) is 0 Å². The molecule has 8 heteroatoms. The van der Waals surface area contributed by atoms with E-state index >= 15 is 0 Å². The monoisotopic (exact) mass is 528 g/mol. The maximum absolute atomic E-state index is 14.2. The molecule has 0 unspecified atom stereocenters. The molecule has 36 heavy (non-hydrogen) atoms. The zero-order valence-corrected chi connectivity index (χ0v) is 22.0. The van der Waals surface area contributed by atoms with E-state index in [-0.39, 0.29) is 42.7 Å². The van der Waals surface area contributed by atoms with Gasteiger partial charge in [-0.25, -0.2) is 4.39 Å². The molecule has 2 atom stereocenters. The molecule has 0 fully saturated rings. The van der Waals surface area contributed by atoms with Crippen molar-refractivity contribution in [3.8, 4) is 5.75 Å². The van der Waals surface area contributed by atoms with Crippen molar-refractivity contribution in [3.05, 3.63) is 86.8 Å². The van der Waals surface area contributed by atoms with E-state index < -0.39 is 5.82 Å². The van der Waals surface area contributed by atoms with Crippen LogP contribution in [0.5, 0.6) is 5.75 Å². The predicted octanol–water partition coefficient (Wildman–Crippen LogP) is 6.23. The van der Waals surface area contributed by atoms with E-state index in [9.17, 15) is 14.0 Å². The Balaban J connectivity index is 1.55. The van der Waals surface area contributed by atoms with Crippen LogP contribution in [0, 0.1) is 11.7 Å². The number of fused-ring (bicyclic) bond motifs is 1. The molecule has 3 aromatic rings. The van der Waals surface area contributed by atoms with Crippen LogP contribution in [-0.2, 0) is 11.2 Å². The van der Waals surface area contributed by atoms with Crippen LogP contribution in [0.1, 0.15) is 47.1 Å². The first-order valence-corrected chi connectivity index (χ1v) is 13.4. The first kappa shape index (κ1) is 26.2. The van der Waals surface area contributed by atoms with Crippen molar-refractivity contribution in [3.63, 3.8) is 0 Å². The van der Waals surface area contributed by atoms with Gasteiger partial charge in [-0.15, -0.1) is 11.3 Å². The van der Waals surface area contributed by atoms with Gasteiger partial charge < -0.3 is 14.5 Å². The third-order valence-corrected chi connectivity index (χ3v) is 7.79. The van der Waals surface area contributed by atoms with E-state index in [1.807, 2.05) is 11.4 Å². The second-order valence-electron chi connectivity index (χ2n) is 9.10. The van der Waals surface area contributed by atoms with Gasteiger partial charge in [0, 0.05) is 28.6 Å². The topological polar surface area (TPSA) is 49.9 Å². The predicted molar refractivity (Wildman–Crippen MR) is 141 cm³/mol. The lowest BCUT2D eigenvalue weighted by atomic mass is 10.00. The molecule has 0 spiro atoms. The number of amides is 2. The number of rotatable bonds is 9. The number of nitrogens with zero attached hydrogens (tertiary/aromatic N) is 2. The number of benzene rings is 2. The average molecular weight is 529 g/mol. The Labute approximate surface area is 220 Å². The summed E-state index contributed by atoms with van der Waals surface area (Å²) in [5, 5.41) is 2.48. The van der Waals surface area contributed by atoms with Gasteiger partial charge in [0.15, 0.2) is 11.6 Å². The molecule has 1 aromatic heterocycles. The number of carbonyl (C=O) groups excluding carboxylic acids is 2. The lowest BCUT2D eigenvalue weighted by Gasteiger charge is -2.37. The van der Waals surface area contributed by atoms with Crippen molar-refractivity contribution in [1.29, 1.82) is 0 Å². The van der Waals surface area contributed by atoms with Crippen molar-refractivity contribution in [2.24, 2.45) is 5.92 Å². The van der Waals surface area contributed by atoms with E-state index in [0.717, 1.165) is 18.4 Å². The summed E-state index contributed by atoms with van der Waals surface area (Å²) in [6.07, 6.45) is 1.62. The SMILES string of the molecule is CC[C@@H](C)CN(CC(=O)N1CCc2sccc2[C@@H]1COc1ccccc1F)C(=O)c1cccc(Cl)c1. The standard InChI is InChI=1S/C28H30ClFN2O3S/c1-3-19(2)16-31(28(34)20-7-6-8-21(29)15-20)17-27(33)32-13-11-26-22(12-14-36-26)24(32)18-35-25-10-5-4-9-23(25)30/h4-10,12,14-15,19,24H,3,11,13,16-18H2,1-2H3/t19-,24+/m1/s1. The lowest BCUT2D eigenvalue weighted by Crippen LogP contribution is -2.48. The number of halogens is 2. The summed E-state index contributed by atoms with van der Waals surface area (Å²) in [6.45, 7) is 5.18. The second kappa shape index (κ2) is 11.9. The minimum Gasteiger partial charge on any atom is -0.488 e. The molecular formula is C28H30ClFN2O3S. The Morgan fingerprint density at radius 2 is 2.03 bits per heavy atom. The molecule has 2 aromatic carbocycles. The molecule has 1 aliphatic heterocycles. The highest BCUT2D eigenvalue weighted by Gasteiger charge is 2.34. The summed E-state index contributed by atoms with van der Waals surface area (Å²) in [6, 6.07) is 14.7. The zero-order valence-electron chi connectivity index (χ0n) is 20.5. The van der Waals surface area contributed by atoms with Gasteiger partial charge in [0.05, 0.1) is 6.04 Å². The Morgan fingerprint density at radius 1 is 1.22 bits per heavy atom. The van der Waals surface area contributed by atoms with Crippen LogP contribution in [0.15, 0.2) is 60.0 Å². The zero-order chi connectivity index (χ0) is 25.7. The number of para-hydroxylation sites is 1.